The van der Waals surface area contributed by atoms with Crippen LogP contribution < -0.4 is 14.3 Å². The van der Waals surface area contributed by atoms with E-state index in [0.29, 0.717) is 21.9 Å². The SMILES string of the molecule is CC(C)S(=O)(=O)c1ccc(C(=O)N=c2sc3cc4c(cc3n2C)OCO4)cc1. The molecule has 0 bridgehead atoms. The van der Waals surface area contributed by atoms with Crippen molar-refractivity contribution in [2.45, 2.75) is 24.0 Å². The lowest BCUT2D eigenvalue weighted by atomic mass is 10.2. The third-order valence-electron chi connectivity index (χ3n) is 4.55. The van der Waals surface area contributed by atoms with Crippen LogP contribution in [0.5, 0.6) is 11.5 Å². The van der Waals surface area contributed by atoms with E-state index >= 15 is 0 Å². The molecule has 28 heavy (non-hydrogen) atoms. The monoisotopic (exact) mass is 418 g/mol. The Bertz CT molecular complexity index is 1250. The summed E-state index contributed by atoms with van der Waals surface area (Å²) in [6.07, 6.45) is 0. The maximum absolute atomic E-state index is 12.6. The number of fused-ring (bicyclic) bond motifs is 2. The van der Waals surface area contributed by atoms with Gasteiger partial charge < -0.3 is 14.0 Å². The van der Waals surface area contributed by atoms with E-state index in [1.165, 1.54) is 35.6 Å². The van der Waals surface area contributed by atoms with E-state index in [-0.39, 0.29) is 11.7 Å². The maximum atomic E-state index is 12.6. The molecule has 7 nitrogen and oxygen atoms in total. The highest BCUT2D eigenvalue weighted by Crippen LogP contribution is 2.36. The average Bonchev–Trinajstić information content (AvgIpc) is 3.24. The fourth-order valence-corrected chi connectivity index (χ4v) is 4.92. The Morgan fingerprint density at radius 3 is 2.43 bits per heavy atom. The van der Waals surface area contributed by atoms with Gasteiger partial charge in [-0.2, -0.15) is 4.99 Å². The fraction of sp³-hybridized carbons (Fsp3) is 0.263. The van der Waals surface area contributed by atoms with Gasteiger partial charge >= 0.3 is 0 Å². The number of carbonyl (C=O) groups is 1. The van der Waals surface area contributed by atoms with Crippen LogP contribution in [0.3, 0.4) is 0 Å². The summed E-state index contributed by atoms with van der Waals surface area (Å²) in [7, 11) is -1.55. The lowest BCUT2D eigenvalue weighted by Gasteiger charge is -2.07. The minimum atomic E-state index is -3.38. The molecule has 0 radical (unpaired) electrons. The van der Waals surface area contributed by atoms with Crippen molar-refractivity contribution in [3.63, 3.8) is 0 Å². The van der Waals surface area contributed by atoms with Gasteiger partial charge in [0, 0.05) is 24.7 Å². The Hall–Kier alpha value is -2.65. The maximum Gasteiger partial charge on any atom is 0.279 e. The van der Waals surface area contributed by atoms with Crippen LogP contribution in [0.25, 0.3) is 10.2 Å². The van der Waals surface area contributed by atoms with Crippen LogP contribution in [0.15, 0.2) is 46.3 Å². The number of sulfone groups is 1. The van der Waals surface area contributed by atoms with Crippen molar-refractivity contribution in [3.8, 4) is 11.5 Å². The van der Waals surface area contributed by atoms with Gasteiger partial charge in [0.15, 0.2) is 26.1 Å². The Morgan fingerprint density at radius 2 is 1.79 bits per heavy atom. The summed E-state index contributed by atoms with van der Waals surface area (Å²) in [5, 5.41) is -0.522. The lowest BCUT2D eigenvalue weighted by molar-refractivity contribution is 0.0998. The van der Waals surface area contributed by atoms with E-state index in [4.69, 9.17) is 9.47 Å². The number of hydrogen-bond donors (Lipinski definition) is 0. The highest BCUT2D eigenvalue weighted by Gasteiger charge is 2.20. The molecule has 0 N–H and O–H groups in total. The van der Waals surface area contributed by atoms with Gasteiger partial charge in [-0.3, -0.25) is 4.79 Å². The Kier molecular flexibility index (Phi) is 4.51. The molecule has 0 fully saturated rings. The standard InChI is InChI=1S/C19H18N2O5S2/c1-11(2)28(23,24)13-6-4-12(5-7-13)18(22)20-19-21(3)14-8-15-16(26-10-25-15)9-17(14)27-19/h4-9,11H,10H2,1-3H3. The summed E-state index contributed by atoms with van der Waals surface area (Å²) in [6, 6.07) is 9.61. The number of benzene rings is 2. The molecule has 1 aromatic heterocycles. The van der Waals surface area contributed by atoms with Gasteiger partial charge in [-0.05, 0) is 38.1 Å². The summed E-state index contributed by atoms with van der Waals surface area (Å²) >= 11 is 1.37. The minimum absolute atomic E-state index is 0.195. The van der Waals surface area contributed by atoms with Gasteiger partial charge in [0.25, 0.3) is 5.91 Å². The molecule has 0 atom stereocenters. The first-order valence-corrected chi connectivity index (χ1v) is 11.0. The number of aromatic nitrogens is 1. The molecule has 0 aliphatic carbocycles. The minimum Gasteiger partial charge on any atom is -0.454 e. The van der Waals surface area contributed by atoms with Crippen molar-refractivity contribution in [2.24, 2.45) is 12.0 Å². The smallest absolute Gasteiger partial charge is 0.279 e. The first-order chi connectivity index (χ1) is 13.3. The largest absolute Gasteiger partial charge is 0.454 e. The third kappa shape index (κ3) is 3.10. The number of hydrogen-bond acceptors (Lipinski definition) is 6. The van der Waals surface area contributed by atoms with Crippen molar-refractivity contribution in [1.29, 1.82) is 0 Å². The first kappa shape index (κ1) is 18.7. The Labute approximate surface area is 165 Å². The van der Waals surface area contributed by atoms with Crippen molar-refractivity contribution < 1.29 is 22.7 Å². The molecular weight excluding hydrogens is 400 g/mol. The second-order valence-electron chi connectivity index (χ2n) is 6.65. The quantitative estimate of drug-likeness (QED) is 0.653. The number of carbonyl (C=O) groups excluding carboxylic acids is 1. The molecule has 2 aromatic carbocycles. The molecule has 0 spiro atoms. The first-order valence-electron chi connectivity index (χ1n) is 8.59. The zero-order valence-corrected chi connectivity index (χ0v) is 17.1. The van der Waals surface area contributed by atoms with Crippen LogP contribution in [-0.4, -0.2) is 30.9 Å². The van der Waals surface area contributed by atoms with E-state index in [1.54, 1.807) is 13.8 Å². The molecule has 0 saturated heterocycles. The number of thiazole rings is 1. The Balaban J connectivity index is 1.69. The summed E-state index contributed by atoms with van der Waals surface area (Å²) in [6.45, 7) is 3.45. The predicted octanol–water partition coefficient (Wildman–Crippen LogP) is 2.89. The highest BCUT2D eigenvalue weighted by atomic mass is 32.2. The van der Waals surface area contributed by atoms with Gasteiger partial charge in [0.2, 0.25) is 6.79 Å². The van der Waals surface area contributed by atoms with Crippen LogP contribution in [0.2, 0.25) is 0 Å². The van der Waals surface area contributed by atoms with E-state index in [2.05, 4.69) is 4.99 Å². The summed E-state index contributed by atoms with van der Waals surface area (Å²) in [5.74, 6) is 0.908. The van der Waals surface area contributed by atoms with Crippen LogP contribution in [-0.2, 0) is 16.9 Å². The van der Waals surface area contributed by atoms with Crippen LogP contribution >= 0.6 is 11.3 Å². The molecule has 3 aromatic rings. The van der Waals surface area contributed by atoms with Gasteiger partial charge in [0.1, 0.15) is 0 Å². The number of rotatable bonds is 3. The van der Waals surface area contributed by atoms with Crippen LogP contribution in [0.4, 0.5) is 0 Å². The summed E-state index contributed by atoms with van der Waals surface area (Å²) in [4.78, 5) is 17.5. The van der Waals surface area contributed by atoms with Gasteiger partial charge in [-0.15, -0.1) is 0 Å². The molecular formula is C19H18N2O5S2. The van der Waals surface area contributed by atoms with Crippen LogP contribution in [0.1, 0.15) is 24.2 Å². The Morgan fingerprint density at radius 1 is 1.14 bits per heavy atom. The van der Waals surface area contributed by atoms with Crippen LogP contribution in [0, 0.1) is 0 Å². The van der Waals surface area contributed by atoms with Crippen molar-refractivity contribution in [1.82, 2.24) is 4.57 Å². The zero-order valence-electron chi connectivity index (χ0n) is 15.5. The topological polar surface area (TPSA) is 87.0 Å². The zero-order chi connectivity index (χ0) is 20.1. The number of nitrogens with zero attached hydrogens (tertiary/aromatic N) is 2. The molecule has 0 unspecified atom stereocenters. The van der Waals surface area contributed by atoms with Gasteiger partial charge in [-0.1, -0.05) is 11.3 Å². The predicted molar refractivity (Wildman–Crippen MR) is 106 cm³/mol. The molecule has 4 rings (SSSR count). The molecule has 1 amide bonds. The second-order valence-corrected chi connectivity index (χ2v) is 10.2. The van der Waals surface area contributed by atoms with Gasteiger partial charge in [-0.25, -0.2) is 8.42 Å². The van der Waals surface area contributed by atoms with E-state index in [9.17, 15) is 13.2 Å². The number of aryl methyl sites for hydroxylation is 1. The molecule has 0 saturated carbocycles. The van der Waals surface area contributed by atoms with Gasteiger partial charge in [0.05, 0.1) is 20.4 Å². The summed E-state index contributed by atoms with van der Waals surface area (Å²) in [5.41, 5.74) is 1.22. The highest BCUT2D eigenvalue weighted by molar-refractivity contribution is 7.92. The fourth-order valence-electron chi connectivity index (χ4n) is 2.83. The van der Waals surface area contributed by atoms with E-state index < -0.39 is 21.0 Å². The molecule has 146 valence electrons. The third-order valence-corrected chi connectivity index (χ3v) is 7.82. The van der Waals surface area contributed by atoms with Crippen molar-refractivity contribution >= 4 is 37.3 Å². The van der Waals surface area contributed by atoms with E-state index in [0.717, 1.165) is 10.2 Å². The van der Waals surface area contributed by atoms with Crippen molar-refractivity contribution in [3.05, 3.63) is 46.8 Å². The molecule has 9 heteroatoms. The second kappa shape index (κ2) is 6.75. The molecule has 2 heterocycles. The normalized spacial score (nSPS) is 14.2. The molecule has 1 aliphatic heterocycles. The summed E-state index contributed by atoms with van der Waals surface area (Å²) < 4.78 is 37.9. The lowest BCUT2D eigenvalue weighted by Crippen LogP contribution is -2.15. The van der Waals surface area contributed by atoms with E-state index in [1.807, 2.05) is 23.7 Å². The average molecular weight is 418 g/mol. The molecule has 1 aliphatic rings. The number of amides is 1. The number of ether oxygens (including phenoxy) is 2. The van der Waals surface area contributed by atoms with Crippen molar-refractivity contribution in [2.75, 3.05) is 6.79 Å².